The highest BCUT2D eigenvalue weighted by atomic mass is 16.5. The molecule has 3 rings (SSSR count). The summed E-state index contributed by atoms with van der Waals surface area (Å²) < 4.78 is 5.74. The summed E-state index contributed by atoms with van der Waals surface area (Å²) in [5, 5.41) is 7.16. The van der Waals surface area contributed by atoms with Crippen molar-refractivity contribution >= 4 is 5.91 Å². The van der Waals surface area contributed by atoms with Gasteiger partial charge in [0, 0.05) is 25.2 Å². The molecule has 1 aliphatic rings. The number of hydrogen-bond donors (Lipinski definition) is 2. The number of aromatic nitrogens is 4. The normalized spacial score (nSPS) is 21.1. The number of aromatic amines is 2. The molecule has 2 aromatic heterocycles. The molecule has 0 saturated heterocycles. The fourth-order valence-corrected chi connectivity index (χ4v) is 2.73. The van der Waals surface area contributed by atoms with Crippen molar-refractivity contribution in [3.05, 3.63) is 35.2 Å². The van der Waals surface area contributed by atoms with Crippen molar-refractivity contribution in [2.24, 2.45) is 0 Å². The molecule has 2 N–H and O–H groups in total. The van der Waals surface area contributed by atoms with E-state index >= 15 is 0 Å². The summed E-state index contributed by atoms with van der Waals surface area (Å²) in [6, 6.07) is 0. The Morgan fingerprint density at radius 3 is 3.05 bits per heavy atom. The summed E-state index contributed by atoms with van der Waals surface area (Å²) in [6.07, 6.45) is 4.05. The van der Waals surface area contributed by atoms with E-state index in [1.165, 1.54) is 0 Å². The first kappa shape index (κ1) is 13.8. The molecule has 2 atom stereocenters. The van der Waals surface area contributed by atoms with Crippen molar-refractivity contribution in [1.82, 2.24) is 25.1 Å². The van der Waals surface area contributed by atoms with Crippen LogP contribution in [0.1, 0.15) is 47.4 Å². The van der Waals surface area contributed by atoms with Crippen molar-refractivity contribution in [1.29, 1.82) is 0 Å². The lowest BCUT2D eigenvalue weighted by molar-refractivity contribution is -0.00701. The number of imidazole rings is 1. The third-order valence-electron chi connectivity index (χ3n) is 3.75. The predicted octanol–water partition coefficient (Wildman–Crippen LogP) is 1.43. The number of ether oxygens (including phenoxy) is 1. The molecule has 0 fully saturated rings. The van der Waals surface area contributed by atoms with Crippen LogP contribution in [0, 0.1) is 0 Å². The molecular weight excluding hydrogens is 270 g/mol. The maximum atomic E-state index is 12.6. The number of nitrogens with zero attached hydrogens (tertiary/aromatic N) is 3. The number of amides is 1. The third-order valence-corrected chi connectivity index (χ3v) is 3.75. The van der Waals surface area contributed by atoms with Crippen LogP contribution >= 0.6 is 0 Å². The largest absolute Gasteiger partial charge is 0.369 e. The van der Waals surface area contributed by atoms with Crippen molar-refractivity contribution in [2.45, 2.75) is 39.0 Å². The first-order chi connectivity index (χ1) is 10.1. The Morgan fingerprint density at radius 2 is 2.33 bits per heavy atom. The molecule has 7 nitrogen and oxygen atoms in total. The molecule has 1 amide bonds. The van der Waals surface area contributed by atoms with Crippen molar-refractivity contribution in [3.8, 4) is 0 Å². The highest BCUT2D eigenvalue weighted by Crippen LogP contribution is 2.30. The zero-order valence-corrected chi connectivity index (χ0v) is 12.4. The van der Waals surface area contributed by atoms with Gasteiger partial charge in [-0.15, -0.1) is 0 Å². The van der Waals surface area contributed by atoms with Crippen LogP contribution in [0.15, 0.2) is 12.5 Å². The molecule has 2 aromatic rings. The van der Waals surface area contributed by atoms with Gasteiger partial charge in [-0.1, -0.05) is 0 Å². The van der Waals surface area contributed by atoms with Gasteiger partial charge >= 0.3 is 0 Å². The Balaban J connectivity index is 1.82. The SMILES string of the molecule is C[C@@H]1Cc2c(C(=O)N(C)Cc3cnc[nH]3)n[nH]c2[C@H](C)O1. The number of carbonyl (C=O) groups excluding carboxylic acids is 1. The average molecular weight is 289 g/mol. The number of fused-ring (bicyclic) bond motifs is 1. The summed E-state index contributed by atoms with van der Waals surface area (Å²) >= 11 is 0. The second-order valence-electron chi connectivity index (χ2n) is 5.50. The van der Waals surface area contributed by atoms with Crippen molar-refractivity contribution in [3.63, 3.8) is 0 Å². The lowest BCUT2D eigenvalue weighted by atomic mass is 9.99. The monoisotopic (exact) mass is 289 g/mol. The van der Waals surface area contributed by atoms with Gasteiger partial charge in [0.2, 0.25) is 0 Å². The minimum Gasteiger partial charge on any atom is -0.369 e. The van der Waals surface area contributed by atoms with E-state index in [9.17, 15) is 4.79 Å². The summed E-state index contributed by atoms with van der Waals surface area (Å²) in [5.74, 6) is -0.0941. The topological polar surface area (TPSA) is 86.9 Å². The lowest BCUT2D eigenvalue weighted by Gasteiger charge is -2.25. The summed E-state index contributed by atoms with van der Waals surface area (Å²) in [7, 11) is 1.76. The molecule has 0 radical (unpaired) electrons. The van der Waals surface area contributed by atoms with E-state index in [0.717, 1.165) is 17.0 Å². The average Bonchev–Trinajstić information content (AvgIpc) is 3.07. The Morgan fingerprint density at radius 1 is 1.52 bits per heavy atom. The van der Waals surface area contributed by atoms with Crippen LogP contribution in [-0.2, 0) is 17.7 Å². The van der Waals surface area contributed by atoms with Crippen LogP contribution < -0.4 is 0 Å². The van der Waals surface area contributed by atoms with Crippen LogP contribution in [0.2, 0.25) is 0 Å². The highest BCUT2D eigenvalue weighted by molar-refractivity contribution is 5.93. The summed E-state index contributed by atoms with van der Waals surface area (Å²) in [5.41, 5.74) is 3.27. The van der Waals surface area contributed by atoms with E-state index < -0.39 is 0 Å². The van der Waals surface area contributed by atoms with Gasteiger partial charge in [0.1, 0.15) is 0 Å². The zero-order chi connectivity index (χ0) is 15.0. The lowest BCUT2D eigenvalue weighted by Crippen LogP contribution is -2.29. The maximum Gasteiger partial charge on any atom is 0.274 e. The van der Waals surface area contributed by atoms with E-state index in [2.05, 4.69) is 20.2 Å². The van der Waals surface area contributed by atoms with E-state index in [0.29, 0.717) is 18.7 Å². The van der Waals surface area contributed by atoms with E-state index in [4.69, 9.17) is 4.74 Å². The van der Waals surface area contributed by atoms with Gasteiger partial charge in [0.05, 0.1) is 36.5 Å². The third kappa shape index (κ3) is 2.56. The van der Waals surface area contributed by atoms with E-state index in [-0.39, 0.29) is 18.1 Å². The van der Waals surface area contributed by atoms with Crippen LogP contribution in [0.25, 0.3) is 0 Å². The number of nitrogens with one attached hydrogen (secondary N) is 2. The molecule has 0 spiro atoms. The fraction of sp³-hybridized carbons (Fsp3) is 0.500. The fourth-order valence-electron chi connectivity index (χ4n) is 2.73. The van der Waals surface area contributed by atoms with Crippen LogP contribution in [0.5, 0.6) is 0 Å². The zero-order valence-electron chi connectivity index (χ0n) is 12.4. The van der Waals surface area contributed by atoms with Gasteiger partial charge in [-0.25, -0.2) is 4.98 Å². The highest BCUT2D eigenvalue weighted by Gasteiger charge is 2.30. The molecule has 1 aliphatic heterocycles. The second kappa shape index (κ2) is 5.33. The van der Waals surface area contributed by atoms with E-state index in [1.54, 1.807) is 24.5 Å². The Kier molecular flexibility index (Phi) is 3.50. The number of carbonyl (C=O) groups is 1. The standard InChI is InChI=1S/C14H19N5O2/c1-8-4-11-12(9(2)21-8)17-18-13(11)14(20)19(3)6-10-5-15-7-16-10/h5,7-9H,4,6H2,1-3H3,(H,15,16)(H,17,18)/t8-,9+/m1/s1. The summed E-state index contributed by atoms with van der Waals surface area (Å²) in [4.78, 5) is 21.2. The molecule has 0 unspecified atom stereocenters. The second-order valence-corrected chi connectivity index (χ2v) is 5.50. The van der Waals surface area contributed by atoms with Gasteiger partial charge in [0.25, 0.3) is 5.91 Å². The van der Waals surface area contributed by atoms with Gasteiger partial charge < -0.3 is 14.6 Å². The van der Waals surface area contributed by atoms with Gasteiger partial charge in [-0.2, -0.15) is 5.10 Å². The Hall–Kier alpha value is -2.15. The minimum absolute atomic E-state index is 0.0595. The molecule has 7 heteroatoms. The van der Waals surface area contributed by atoms with Crippen molar-refractivity contribution in [2.75, 3.05) is 7.05 Å². The first-order valence-electron chi connectivity index (χ1n) is 7.01. The number of rotatable bonds is 3. The quantitative estimate of drug-likeness (QED) is 0.894. The molecule has 0 saturated carbocycles. The molecular formula is C14H19N5O2. The van der Waals surface area contributed by atoms with Gasteiger partial charge in [0.15, 0.2) is 5.69 Å². The van der Waals surface area contributed by atoms with Crippen LogP contribution in [0.4, 0.5) is 0 Å². The van der Waals surface area contributed by atoms with Crippen molar-refractivity contribution < 1.29 is 9.53 Å². The predicted molar refractivity (Wildman–Crippen MR) is 75.6 cm³/mol. The molecule has 3 heterocycles. The van der Waals surface area contributed by atoms with Gasteiger partial charge in [-0.05, 0) is 13.8 Å². The van der Waals surface area contributed by atoms with Gasteiger partial charge in [-0.3, -0.25) is 9.89 Å². The van der Waals surface area contributed by atoms with Crippen LogP contribution in [-0.4, -0.2) is 44.1 Å². The molecule has 112 valence electrons. The maximum absolute atomic E-state index is 12.6. The Labute approximate surface area is 122 Å². The van der Waals surface area contributed by atoms with E-state index in [1.807, 2.05) is 13.8 Å². The molecule has 0 aromatic carbocycles. The number of hydrogen-bond acceptors (Lipinski definition) is 4. The molecule has 21 heavy (non-hydrogen) atoms. The van der Waals surface area contributed by atoms with Crippen LogP contribution in [0.3, 0.4) is 0 Å². The Bertz CT molecular complexity index is 634. The molecule has 0 aliphatic carbocycles. The summed E-state index contributed by atoms with van der Waals surface area (Å²) in [6.45, 7) is 4.45. The smallest absolute Gasteiger partial charge is 0.274 e. The molecule has 0 bridgehead atoms. The first-order valence-corrected chi connectivity index (χ1v) is 7.01. The minimum atomic E-state index is -0.0941. The number of H-pyrrole nitrogens is 2.